The third kappa shape index (κ3) is 3.90. The van der Waals surface area contributed by atoms with E-state index in [0.717, 1.165) is 40.1 Å². The zero-order valence-electron chi connectivity index (χ0n) is 15.8. The van der Waals surface area contributed by atoms with Crippen LogP contribution in [0.2, 0.25) is 0 Å². The molecule has 0 unspecified atom stereocenters. The Morgan fingerprint density at radius 3 is 2.90 bits per heavy atom. The molecule has 0 aliphatic heterocycles. The monoisotopic (exact) mass is 455 g/mol. The molecule has 0 atom stereocenters. The topological polar surface area (TPSA) is 101 Å². The molecule has 7 nitrogen and oxygen atoms in total. The second-order valence-electron chi connectivity index (χ2n) is 6.87. The molecule has 1 aliphatic carbocycles. The van der Waals surface area contributed by atoms with Crippen molar-refractivity contribution in [3.63, 3.8) is 0 Å². The van der Waals surface area contributed by atoms with Gasteiger partial charge in [0.15, 0.2) is 0 Å². The van der Waals surface area contributed by atoms with Gasteiger partial charge in [0.25, 0.3) is 5.56 Å². The molecule has 1 amide bonds. The number of rotatable bonds is 6. The Balaban J connectivity index is 1.19. The van der Waals surface area contributed by atoms with E-state index in [4.69, 9.17) is 0 Å². The number of aromatic amines is 1. The molecule has 3 aromatic heterocycles. The number of hydrogen-bond acceptors (Lipinski definition) is 8. The second kappa shape index (κ2) is 8.29. The van der Waals surface area contributed by atoms with E-state index in [9.17, 15) is 9.59 Å². The van der Waals surface area contributed by atoms with Crippen molar-refractivity contribution in [1.29, 1.82) is 0 Å². The third-order valence-corrected chi connectivity index (χ3v) is 7.81. The summed E-state index contributed by atoms with van der Waals surface area (Å²) in [5.74, 6) is 1.15. The van der Waals surface area contributed by atoms with Crippen molar-refractivity contribution in [2.75, 3.05) is 11.1 Å². The van der Waals surface area contributed by atoms with Gasteiger partial charge in [0.2, 0.25) is 11.0 Å². The molecule has 2 N–H and O–H groups in total. The van der Waals surface area contributed by atoms with E-state index in [1.807, 2.05) is 30.3 Å². The van der Waals surface area contributed by atoms with Crippen LogP contribution in [0.15, 0.2) is 35.1 Å². The summed E-state index contributed by atoms with van der Waals surface area (Å²) in [4.78, 5) is 34.3. The van der Waals surface area contributed by atoms with Crippen molar-refractivity contribution < 1.29 is 4.79 Å². The van der Waals surface area contributed by atoms with Gasteiger partial charge >= 0.3 is 0 Å². The van der Waals surface area contributed by atoms with E-state index in [0.29, 0.717) is 16.7 Å². The maximum atomic E-state index is 12.5. The standard InChI is InChI=1S/C20H17N5O2S3/c26-15(23-20-25-24-18(30-20)11-5-2-1-3-6-11)10-28-9-14-21-17(27)16-12-7-4-8-13(12)29-19(16)22-14/h1-3,5-6H,4,7-10H2,(H,21,22,27)(H,23,25,26). The second-order valence-corrected chi connectivity index (χ2v) is 9.92. The summed E-state index contributed by atoms with van der Waals surface area (Å²) in [6.07, 6.45) is 3.12. The van der Waals surface area contributed by atoms with Gasteiger partial charge in [-0.05, 0) is 24.8 Å². The predicted octanol–water partition coefficient (Wildman–Crippen LogP) is 3.86. The van der Waals surface area contributed by atoms with Crippen LogP contribution in [-0.4, -0.2) is 31.8 Å². The number of nitrogens with zero attached hydrogens (tertiary/aromatic N) is 3. The van der Waals surface area contributed by atoms with E-state index in [2.05, 4.69) is 25.5 Å². The van der Waals surface area contributed by atoms with Crippen molar-refractivity contribution in [3.05, 3.63) is 57.0 Å². The lowest BCUT2D eigenvalue weighted by Gasteiger charge is -2.02. The Kier molecular flexibility index (Phi) is 5.36. The fraction of sp³-hybridized carbons (Fsp3) is 0.250. The lowest BCUT2D eigenvalue weighted by molar-refractivity contribution is -0.113. The van der Waals surface area contributed by atoms with Crippen molar-refractivity contribution in [3.8, 4) is 10.6 Å². The van der Waals surface area contributed by atoms with Crippen molar-refractivity contribution in [2.45, 2.75) is 25.0 Å². The fourth-order valence-corrected chi connectivity index (χ4v) is 6.22. The number of nitrogens with one attached hydrogen (secondary N) is 2. The molecule has 30 heavy (non-hydrogen) atoms. The number of thiophene rings is 1. The molecular weight excluding hydrogens is 438 g/mol. The Morgan fingerprint density at radius 2 is 2.03 bits per heavy atom. The van der Waals surface area contributed by atoms with Crippen molar-refractivity contribution in [2.24, 2.45) is 0 Å². The maximum Gasteiger partial charge on any atom is 0.259 e. The number of fused-ring (bicyclic) bond motifs is 3. The number of benzene rings is 1. The number of hydrogen-bond donors (Lipinski definition) is 2. The van der Waals surface area contributed by atoms with Gasteiger partial charge in [0.05, 0.1) is 16.9 Å². The van der Waals surface area contributed by atoms with Crippen LogP contribution in [-0.2, 0) is 23.4 Å². The summed E-state index contributed by atoms with van der Waals surface area (Å²) in [5.41, 5.74) is 2.07. The number of H-pyrrole nitrogens is 1. The fourth-order valence-electron chi connectivity index (χ4n) is 3.48. The molecule has 152 valence electrons. The van der Waals surface area contributed by atoms with E-state index in [-0.39, 0.29) is 17.2 Å². The predicted molar refractivity (Wildman–Crippen MR) is 122 cm³/mol. The average molecular weight is 456 g/mol. The smallest absolute Gasteiger partial charge is 0.259 e. The summed E-state index contributed by atoms with van der Waals surface area (Å²) >= 11 is 4.36. The van der Waals surface area contributed by atoms with Crippen LogP contribution >= 0.6 is 34.4 Å². The number of aromatic nitrogens is 4. The Morgan fingerprint density at radius 1 is 1.17 bits per heavy atom. The number of carbonyl (C=O) groups excluding carboxylic acids is 1. The lowest BCUT2D eigenvalue weighted by atomic mass is 10.2. The molecule has 10 heteroatoms. The zero-order valence-corrected chi connectivity index (χ0v) is 18.3. The van der Waals surface area contributed by atoms with Crippen LogP contribution in [0.25, 0.3) is 20.8 Å². The SMILES string of the molecule is O=C(CSCc1nc2sc3c(c2c(=O)[nH]1)CCC3)Nc1nnc(-c2ccccc2)s1. The molecule has 0 bridgehead atoms. The molecule has 0 saturated carbocycles. The molecule has 1 aliphatic rings. The molecule has 1 aromatic carbocycles. The summed E-state index contributed by atoms with van der Waals surface area (Å²) in [6, 6.07) is 9.72. The highest BCUT2D eigenvalue weighted by atomic mass is 32.2. The number of anilines is 1. The van der Waals surface area contributed by atoms with E-state index < -0.39 is 0 Å². The van der Waals surface area contributed by atoms with Gasteiger partial charge < -0.3 is 4.98 Å². The van der Waals surface area contributed by atoms with Gasteiger partial charge in [-0.3, -0.25) is 14.9 Å². The highest BCUT2D eigenvalue weighted by Gasteiger charge is 2.21. The van der Waals surface area contributed by atoms with Crippen LogP contribution in [0.3, 0.4) is 0 Å². The van der Waals surface area contributed by atoms with Gasteiger partial charge in [-0.2, -0.15) is 0 Å². The molecule has 0 spiro atoms. The quantitative estimate of drug-likeness (QED) is 0.458. The van der Waals surface area contributed by atoms with Gasteiger partial charge in [0.1, 0.15) is 15.7 Å². The molecular formula is C20H17N5O2S3. The first-order valence-corrected chi connectivity index (χ1v) is 12.3. The number of thioether (sulfide) groups is 1. The number of amides is 1. The van der Waals surface area contributed by atoms with Crippen LogP contribution in [0.5, 0.6) is 0 Å². The van der Waals surface area contributed by atoms with Crippen molar-refractivity contribution >= 4 is 55.7 Å². The molecule has 4 aromatic rings. The van der Waals surface area contributed by atoms with Crippen molar-refractivity contribution in [1.82, 2.24) is 20.2 Å². The zero-order chi connectivity index (χ0) is 20.5. The van der Waals surface area contributed by atoms with E-state index in [1.54, 1.807) is 11.3 Å². The average Bonchev–Trinajstić information content (AvgIpc) is 3.44. The van der Waals surface area contributed by atoms with Crippen LogP contribution in [0.1, 0.15) is 22.7 Å². The molecule has 0 saturated heterocycles. The first kappa shape index (κ1) is 19.4. The van der Waals surface area contributed by atoms with Crippen LogP contribution < -0.4 is 10.9 Å². The minimum atomic E-state index is -0.158. The normalized spacial score (nSPS) is 12.9. The van der Waals surface area contributed by atoms with Gasteiger partial charge in [-0.25, -0.2) is 4.98 Å². The van der Waals surface area contributed by atoms with Gasteiger partial charge in [0, 0.05) is 10.4 Å². The molecule has 3 heterocycles. The minimum absolute atomic E-state index is 0.0678. The Labute approximate surface area is 184 Å². The van der Waals surface area contributed by atoms with Crippen LogP contribution in [0.4, 0.5) is 5.13 Å². The lowest BCUT2D eigenvalue weighted by Crippen LogP contribution is -2.15. The Bertz CT molecular complexity index is 1280. The maximum absolute atomic E-state index is 12.5. The summed E-state index contributed by atoms with van der Waals surface area (Å²) in [5, 5.41) is 12.9. The highest BCUT2D eigenvalue weighted by Crippen LogP contribution is 2.34. The first-order chi connectivity index (χ1) is 14.7. The van der Waals surface area contributed by atoms with E-state index in [1.165, 1.54) is 33.5 Å². The largest absolute Gasteiger partial charge is 0.309 e. The van der Waals surface area contributed by atoms with Gasteiger partial charge in [-0.1, -0.05) is 41.7 Å². The minimum Gasteiger partial charge on any atom is -0.309 e. The molecule has 0 fully saturated rings. The summed E-state index contributed by atoms with van der Waals surface area (Å²) < 4.78 is 0. The molecule has 5 rings (SSSR count). The highest BCUT2D eigenvalue weighted by molar-refractivity contribution is 7.99. The Hall–Kier alpha value is -2.56. The number of carbonyl (C=O) groups is 1. The van der Waals surface area contributed by atoms with Crippen LogP contribution in [0, 0.1) is 0 Å². The molecule has 0 radical (unpaired) electrons. The number of aryl methyl sites for hydroxylation is 2. The van der Waals surface area contributed by atoms with Gasteiger partial charge in [-0.15, -0.1) is 33.3 Å². The third-order valence-electron chi connectivity index (χ3n) is 4.79. The van der Waals surface area contributed by atoms with E-state index >= 15 is 0 Å². The summed E-state index contributed by atoms with van der Waals surface area (Å²) in [6.45, 7) is 0. The summed E-state index contributed by atoms with van der Waals surface area (Å²) in [7, 11) is 0. The first-order valence-electron chi connectivity index (χ1n) is 9.47.